The third-order valence-corrected chi connectivity index (χ3v) is 3.94. The number of nitrogens with zero attached hydrogens (tertiary/aromatic N) is 1. The predicted octanol–water partition coefficient (Wildman–Crippen LogP) is 4.10. The zero-order valence-corrected chi connectivity index (χ0v) is 12.7. The molecule has 0 spiro atoms. The molecule has 0 aliphatic rings. The van der Waals surface area contributed by atoms with E-state index in [0.717, 1.165) is 36.7 Å². The zero-order chi connectivity index (χ0) is 13.7. The van der Waals surface area contributed by atoms with Gasteiger partial charge in [-0.1, -0.05) is 20.8 Å². The Morgan fingerprint density at radius 3 is 2.89 bits per heavy atom. The molecule has 19 heavy (non-hydrogen) atoms. The lowest BCUT2D eigenvalue weighted by molar-refractivity contribution is 0.580. The Bertz CT molecular complexity index is 488. The summed E-state index contributed by atoms with van der Waals surface area (Å²) in [6.07, 6.45) is 3.89. The van der Waals surface area contributed by atoms with Crippen LogP contribution in [-0.2, 0) is 13.0 Å². The maximum absolute atomic E-state index is 5.45. The summed E-state index contributed by atoms with van der Waals surface area (Å²) in [4.78, 5) is 6.10. The second-order valence-corrected chi connectivity index (χ2v) is 6.22. The molecule has 3 nitrogen and oxygen atoms in total. The van der Waals surface area contributed by atoms with Gasteiger partial charge in [-0.25, -0.2) is 4.98 Å². The molecule has 2 rings (SSSR count). The Balaban J connectivity index is 2.18. The highest BCUT2D eigenvalue weighted by molar-refractivity contribution is 7.15. The molecule has 0 saturated carbocycles. The van der Waals surface area contributed by atoms with Gasteiger partial charge in [-0.05, 0) is 37.4 Å². The van der Waals surface area contributed by atoms with Crippen LogP contribution in [-0.4, -0.2) is 11.5 Å². The first kappa shape index (κ1) is 14.3. The molecule has 2 aromatic rings. The quantitative estimate of drug-likeness (QED) is 0.775. The van der Waals surface area contributed by atoms with Crippen molar-refractivity contribution in [2.24, 2.45) is 5.92 Å². The third-order valence-electron chi connectivity index (χ3n) is 2.82. The van der Waals surface area contributed by atoms with Crippen molar-refractivity contribution in [3.8, 4) is 10.8 Å². The van der Waals surface area contributed by atoms with Crippen LogP contribution in [0.25, 0.3) is 10.8 Å². The standard InChI is InChI=1S/C15H22N2OS/c1-4-7-16-10-14-12(9-11(2)3)17-15(19-14)13-6-5-8-18-13/h5-6,8,11,16H,4,7,9-10H2,1-3H3. The first-order valence-corrected chi connectivity index (χ1v) is 7.75. The van der Waals surface area contributed by atoms with Crippen LogP contribution in [0, 0.1) is 5.92 Å². The Morgan fingerprint density at radius 2 is 2.26 bits per heavy atom. The highest BCUT2D eigenvalue weighted by Crippen LogP contribution is 2.29. The van der Waals surface area contributed by atoms with Crippen molar-refractivity contribution in [1.82, 2.24) is 10.3 Å². The number of furan rings is 1. The maximum Gasteiger partial charge on any atom is 0.162 e. The van der Waals surface area contributed by atoms with Crippen LogP contribution < -0.4 is 5.32 Å². The number of rotatable bonds is 7. The lowest BCUT2D eigenvalue weighted by Gasteiger charge is -2.05. The van der Waals surface area contributed by atoms with E-state index in [-0.39, 0.29) is 0 Å². The first-order valence-electron chi connectivity index (χ1n) is 6.93. The molecule has 0 saturated heterocycles. The summed E-state index contributed by atoms with van der Waals surface area (Å²) in [5.74, 6) is 1.49. The Labute approximate surface area is 119 Å². The van der Waals surface area contributed by atoms with Gasteiger partial charge in [0, 0.05) is 11.4 Å². The predicted molar refractivity (Wildman–Crippen MR) is 80.4 cm³/mol. The van der Waals surface area contributed by atoms with E-state index in [1.54, 1.807) is 17.6 Å². The Hall–Kier alpha value is -1.13. The molecule has 0 amide bonds. The van der Waals surface area contributed by atoms with Crippen molar-refractivity contribution in [2.45, 2.75) is 40.2 Å². The minimum absolute atomic E-state index is 0.622. The van der Waals surface area contributed by atoms with Crippen molar-refractivity contribution in [2.75, 3.05) is 6.54 Å². The largest absolute Gasteiger partial charge is 0.462 e. The molecule has 4 heteroatoms. The number of aromatic nitrogens is 1. The highest BCUT2D eigenvalue weighted by atomic mass is 32.1. The molecule has 0 aromatic carbocycles. The van der Waals surface area contributed by atoms with Gasteiger partial charge in [0.15, 0.2) is 10.8 Å². The monoisotopic (exact) mass is 278 g/mol. The summed E-state index contributed by atoms with van der Waals surface area (Å²) in [7, 11) is 0. The van der Waals surface area contributed by atoms with Crippen LogP contribution in [0.2, 0.25) is 0 Å². The molecule has 104 valence electrons. The van der Waals surface area contributed by atoms with E-state index >= 15 is 0 Å². The molecule has 0 radical (unpaired) electrons. The van der Waals surface area contributed by atoms with Gasteiger partial charge in [0.25, 0.3) is 0 Å². The molecule has 2 heterocycles. The summed E-state index contributed by atoms with van der Waals surface area (Å²) >= 11 is 1.74. The van der Waals surface area contributed by atoms with Crippen LogP contribution in [0.5, 0.6) is 0 Å². The van der Waals surface area contributed by atoms with E-state index in [1.807, 2.05) is 12.1 Å². The van der Waals surface area contributed by atoms with Crippen LogP contribution in [0.1, 0.15) is 37.8 Å². The molecule has 1 N–H and O–H groups in total. The minimum Gasteiger partial charge on any atom is -0.462 e. The van der Waals surface area contributed by atoms with Crippen LogP contribution in [0.4, 0.5) is 0 Å². The molecule has 2 aromatic heterocycles. The van der Waals surface area contributed by atoms with Gasteiger partial charge in [0.05, 0.1) is 12.0 Å². The van der Waals surface area contributed by atoms with E-state index in [2.05, 4.69) is 26.1 Å². The average molecular weight is 278 g/mol. The van der Waals surface area contributed by atoms with E-state index in [4.69, 9.17) is 9.40 Å². The fourth-order valence-electron chi connectivity index (χ4n) is 1.95. The van der Waals surface area contributed by atoms with Gasteiger partial charge in [-0.15, -0.1) is 11.3 Å². The fourth-order valence-corrected chi connectivity index (χ4v) is 2.98. The van der Waals surface area contributed by atoms with Crippen LogP contribution in [0.15, 0.2) is 22.8 Å². The fraction of sp³-hybridized carbons (Fsp3) is 0.533. The number of nitrogens with one attached hydrogen (secondary N) is 1. The maximum atomic E-state index is 5.45. The van der Waals surface area contributed by atoms with Crippen molar-refractivity contribution < 1.29 is 4.42 Å². The summed E-state index contributed by atoms with van der Waals surface area (Å²) in [6.45, 7) is 8.61. The molecular formula is C15H22N2OS. The van der Waals surface area contributed by atoms with Gasteiger partial charge >= 0.3 is 0 Å². The summed E-state index contributed by atoms with van der Waals surface area (Å²) in [5, 5.41) is 4.46. The third kappa shape index (κ3) is 3.91. The lowest BCUT2D eigenvalue weighted by atomic mass is 10.1. The smallest absolute Gasteiger partial charge is 0.162 e. The van der Waals surface area contributed by atoms with Crippen LogP contribution in [0.3, 0.4) is 0 Å². The lowest BCUT2D eigenvalue weighted by Crippen LogP contribution is -2.14. The SMILES string of the molecule is CCCNCc1sc(-c2ccco2)nc1CC(C)C. The average Bonchev–Trinajstić information content (AvgIpc) is 2.98. The van der Waals surface area contributed by atoms with E-state index in [1.165, 1.54) is 10.6 Å². The normalized spacial score (nSPS) is 11.4. The highest BCUT2D eigenvalue weighted by Gasteiger charge is 2.14. The van der Waals surface area contributed by atoms with E-state index < -0.39 is 0 Å². The molecule has 0 atom stereocenters. The summed E-state index contributed by atoms with van der Waals surface area (Å²) < 4.78 is 5.45. The van der Waals surface area contributed by atoms with E-state index in [9.17, 15) is 0 Å². The second kappa shape index (κ2) is 6.87. The Morgan fingerprint density at radius 1 is 1.42 bits per heavy atom. The van der Waals surface area contributed by atoms with Gasteiger partial charge < -0.3 is 9.73 Å². The Kier molecular flexibility index (Phi) is 5.16. The molecule has 0 unspecified atom stereocenters. The number of thiazole rings is 1. The number of hydrogen-bond acceptors (Lipinski definition) is 4. The number of hydrogen-bond donors (Lipinski definition) is 1. The first-order chi connectivity index (χ1) is 9.20. The molecular weight excluding hydrogens is 256 g/mol. The zero-order valence-electron chi connectivity index (χ0n) is 11.9. The summed E-state index contributed by atoms with van der Waals surface area (Å²) in [6, 6.07) is 3.88. The van der Waals surface area contributed by atoms with Crippen molar-refractivity contribution >= 4 is 11.3 Å². The van der Waals surface area contributed by atoms with Gasteiger partial charge in [-0.3, -0.25) is 0 Å². The van der Waals surface area contributed by atoms with Gasteiger partial charge in [-0.2, -0.15) is 0 Å². The van der Waals surface area contributed by atoms with Gasteiger partial charge in [0.1, 0.15) is 0 Å². The van der Waals surface area contributed by atoms with Crippen molar-refractivity contribution in [3.05, 3.63) is 29.0 Å². The topological polar surface area (TPSA) is 38.1 Å². The minimum atomic E-state index is 0.622. The van der Waals surface area contributed by atoms with Crippen LogP contribution >= 0.6 is 11.3 Å². The molecule has 0 aliphatic heterocycles. The molecule has 0 aliphatic carbocycles. The molecule has 0 fully saturated rings. The molecule has 0 bridgehead atoms. The van der Waals surface area contributed by atoms with Gasteiger partial charge in [0.2, 0.25) is 0 Å². The summed E-state index contributed by atoms with van der Waals surface area (Å²) in [5.41, 5.74) is 1.22. The second-order valence-electron chi connectivity index (χ2n) is 5.14. The van der Waals surface area contributed by atoms with E-state index in [0.29, 0.717) is 5.92 Å². The van der Waals surface area contributed by atoms with Crippen molar-refractivity contribution in [3.63, 3.8) is 0 Å². The van der Waals surface area contributed by atoms with Crippen molar-refractivity contribution in [1.29, 1.82) is 0 Å².